The lowest BCUT2D eigenvalue weighted by atomic mass is 10.0. The van der Waals surface area contributed by atoms with Gasteiger partial charge in [0.05, 0.1) is 16.8 Å². The maximum Gasteiger partial charge on any atom is 0.256 e. The second-order valence-corrected chi connectivity index (χ2v) is 22.9. The molecule has 0 amide bonds. The summed E-state index contributed by atoms with van der Waals surface area (Å²) in [4.78, 5) is 0. The average molecular weight is 618 g/mol. The molecule has 0 N–H and O–H groups in total. The van der Waals surface area contributed by atoms with Crippen LogP contribution in [0.3, 0.4) is 0 Å². The van der Waals surface area contributed by atoms with Crippen LogP contribution < -0.4 is 4.43 Å². The van der Waals surface area contributed by atoms with Crippen molar-refractivity contribution in [1.29, 1.82) is 0 Å². The number of fused-ring (bicyclic) bond motifs is 1. The zero-order valence-corrected chi connectivity index (χ0v) is 27.4. The summed E-state index contributed by atoms with van der Waals surface area (Å²) in [6.45, 7) is 11.1. The quantitative estimate of drug-likeness (QED) is 0.0635. The number of benzene rings is 2. The molecule has 1 aliphatic rings. The fourth-order valence-electron chi connectivity index (χ4n) is 6.74. The van der Waals surface area contributed by atoms with Crippen LogP contribution in [0, 0.1) is 41.0 Å². The first-order chi connectivity index (χ1) is 19.4. The Morgan fingerprint density at radius 3 is 1.83 bits per heavy atom. The van der Waals surface area contributed by atoms with Gasteiger partial charge < -0.3 is 4.43 Å². The Morgan fingerprint density at radius 1 is 0.707 bits per heavy atom. The Kier molecular flexibility index (Phi) is 12.3. The van der Waals surface area contributed by atoms with Crippen LogP contribution in [0.25, 0.3) is 10.8 Å². The fraction of sp³-hybridized carbons (Fsp3) is 0.688. The molecular formula is C32H47F6OSi2. The molecule has 1 unspecified atom stereocenters. The van der Waals surface area contributed by atoms with Crippen molar-refractivity contribution in [1.82, 2.24) is 0 Å². The van der Waals surface area contributed by atoms with Crippen molar-refractivity contribution in [3.05, 3.63) is 41.0 Å². The molecule has 1 nitrogen and oxygen atoms in total. The Bertz CT molecular complexity index is 1160. The standard InChI is InChI=1S/C32H47F6OSi2/c1-6-40(5,7-2)19-15-10-8-9-11-16-20-41(22(3)4,23-17-13-12-14-18-23)39-32-27-26(29(36)30(37)31(32)38)24(33)21-25(34)28(27)35/h22-23H,6-20H2,1-5H3. The van der Waals surface area contributed by atoms with E-state index in [1.54, 1.807) is 0 Å². The van der Waals surface area contributed by atoms with Crippen molar-refractivity contribution in [2.24, 2.45) is 0 Å². The smallest absolute Gasteiger partial charge is 0.256 e. The topological polar surface area (TPSA) is 9.23 Å². The maximum atomic E-state index is 15.4. The molecule has 41 heavy (non-hydrogen) atoms. The summed E-state index contributed by atoms with van der Waals surface area (Å²) in [5.41, 5.74) is 0.0319. The number of hydrogen-bond donors (Lipinski definition) is 0. The minimum Gasteiger partial charge on any atom is -0.540 e. The predicted octanol–water partition coefficient (Wildman–Crippen LogP) is 12.0. The number of hydrogen-bond acceptors (Lipinski definition) is 1. The molecule has 0 aromatic heterocycles. The zero-order chi connectivity index (χ0) is 30.4. The maximum absolute atomic E-state index is 15.4. The van der Waals surface area contributed by atoms with E-state index in [0.717, 1.165) is 57.8 Å². The Morgan fingerprint density at radius 2 is 1.27 bits per heavy atom. The lowest BCUT2D eigenvalue weighted by Crippen LogP contribution is -2.50. The van der Waals surface area contributed by atoms with Gasteiger partial charge in [0.25, 0.3) is 8.32 Å². The number of unbranched alkanes of at least 4 members (excludes halogenated alkanes) is 5. The highest BCUT2D eigenvalue weighted by Crippen LogP contribution is 2.49. The molecule has 3 rings (SSSR count). The van der Waals surface area contributed by atoms with E-state index in [1.807, 2.05) is 13.8 Å². The largest absolute Gasteiger partial charge is 0.540 e. The van der Waals surface area contributed by atoms with Gasteiger partial charge in [-0.25, -0.2) is 22.0 Å². The normalized spacial score (nSPS) is 16.5. The summed E-state index contributed by atoms with van der Waals surface area (Å²) in [5.74, 6) is -11.5. The van der Waals surface area contributed by atoms with Gasteiger partial charge in [-0.3, -0.25) is 0 Å². The first kappa shape index (κ1) is 34.0. The average Bonchev–Trinajstić information content (AvgIpc) is 2.96. The van der Waals surface area contributed by atoms with Gasteiger partial charge in [0, 0.05) is 8.07 Å². The van der Waals surface area contributed by atoms with Crippen molar-refractivity contribution in [2.45, 2.75) is 140 Å². The van der Waals surface area contributed by atoms with E-state index in [1.165, 1.54) is 37.0 Å². The third-order valence-corrected chi connectivity index (χ3v) is 20.6. The molecule has 0 bridgehead atoms. The van der Waals surface area contributed by atoms with Crippen LogP contribution in [0.15, 0.2) is 0 Å². The van der Waals surface area contributed by atoms with Crippen LogP contribution >= 0.6 is 0 Å². The van der Waals surface area contributed by atoms with Gasteiger partial charge in [0.2, 0.25) is 5.82 Å². The summed E-state index contributed by atoms with van der Waals surface area (Å²) in [6, 6.07) is 6.09. The minimum absolute atomic E-state index is 0.0630. The van der Waals surface area contributed by atoms with Crippen molar-refractivity contribution < 1.29 is 30.8 Å². The molecular weight excluding hydrogens is 571 g/mol. The van der Waals surface area contributed by atoms with Gasteiger partial charge in [0.1, 0.15) is 5.82 Å². The highest BCUT2D eigenvalue weighted by Gasteiger charge is 2.49. The van der Waals surface area contributed by atoms with Gasteiger partial charge in [-0.05, 0) is 30.0 Å². The van der Waals surface area contributed by atoms with Crippen LogP contribution in [0.1, 0.15) is 98.3 Å². The first-order valence-corrected chi connectivity index (χ1v) is 21.1. The molecule has 2 aromatic carbocycles. The first-order valence-electron chi connectivity index (χ1n) is 15.7. The molecule has 1 saturated carbocycles. The predicted molar refractivity (Wildman–Crippen MR) is 161 cm³/mol. The molecule has 0 saturated heterocycles. The summed E-state index contributed by atoms with van der Waals surface area (Å²) >= 11 is 0. The van der Waals surface area contributed by atoms with Crippen molar-refractivity contribution in [3.8, 4) is 5.75 Å². The van der Waals surface area contributed by atoms with Gasteiger partial charge in [-0.1, -0.05) is 110 Å². The fourth-order valence-corrected chi connectivity index (χ4v) is 14.2. The molecule has 9 heteroatoms. The highest BCUT2D eigenvalue weighted by molar-refractivity contribution is 6.78. The van der Waals surface area contributed by atoms with E-state index in [9.17, 15) is 17.6 Å². The minimum atomic E-state index is -3.01. The molecule has 231 valence electrons. The molecule has 0 heterocycles. The summed E-state index contributed by atoms with van der Waals surface area (Å²) in [5, 5.41) is -2.18. The van der Waals surface area contributed by atoms with E-state index >= 15 is 8.78 Å². The van der Waals surface area contributed by atoms with E-state index in [4.69, 9.17) is 4.43 Å². The molecule has 1 aliphatic carbocycles. The van der Waals surface area contributed by atoms with E-state index < -0.39 is 67.8 Å². The molecule has 1 fully saturated rings. The van der Waals surface area contributed by atoms with Crippen LogP contribution in [0.4, 0.5) is 26.3 Å². The van der Waals surface area contributed by atoms with E-state index in [-0.39, 0.29) is 11.1 Å². The second-order valence-electron chi connectivity index (χ2n) is 12.8. The van der Waals surface area contributed by atoms with Crippen LogP contribution in [-0.2, 0) is 0 Å². The van der Waals surface area contributed by atoms with Crippen molar-refractivity contribution >= 4 is 27.2 Å². The van der Waals surface area contributed by atoms with Crippen molar-refractivity contribution in [2.75, 3.05) is 0 Å². The van der Waals surface area contributed by atoms with E-state index in [0.29, 0.717) is 6.04 Å². The van der Waals surface area contributed by atoms with Gasteiger partial charge in [-0.15, -0.1) is 0 Å². The lowest BCUT2D eigenvalue weighted by Gasteiger charge is -2.44. The summed E-state index contributed by atoms with van der Waals surface area (Å²) in [7, 11) is -4.09. The second kappa shape index (κ2) is 14.8. The Balaban J connectivity index is 1.86. The molecule has 2 aromatic rings. The van der Waals surface area contributed by atoms with Crippen LogP contribution in [-0.4, -0.2) is 16.4 Å². The van der Waals surface area contributed by atoms with Gasteiger partial charge in [0.15, 0.2) is 29.0 Å². The summed E-state index contributed by atoms with van der Waals surface area (Å²) in [6.07, 6.45) is 11.2. The Labute approximate surface area is 244 Å². The van der Waals surface area contributed by atoms with Crippen LogP contribution in [0.5, 0.6) is 5.75 Å². The molecule has 0 spiro atoms. The van der Waals surface area contributed by atoms with Crippen LogP contribution in [0.2, 0.25) is 41.8 Å². The highest BCUT2D eigenvalue weighted by atomic mass is 28.4. The third kappa shape index (κ3) is 7.54. The van der Waals surface area contributed by atoms with E-state index in [2.05, 4.69) is 20.4 Å². The van der Waals surface area contributed by atoms with Gasteiger partial charge >= 0.3 is 0 Å². The molecule has 1 atom stereocenters. The summed E-state index contributed by atoms with van der Waals surface area (Å²) < 4.78 is 95.0. The third-order valence-electron chi connectivity index (χ3n) is 10.0. The number of rotatable bonds is 15. The lowest BCUT2D eigenvalue weighted by molar-refractivity contribution is 0.383. The number of halogens is 6. The zero-order valence-electron chi connectivity index (χ0n) is 25.4. The van der Waals surface area contributed by atoms with Crippen molar-refractivity contribution in [3.63, 3.8) is 0 Å². The monoisotopic (exact) mass is 617 g/mol. The van der Waals surface area contributed by atoms with Gasteiger partial charge in [-0.2, -0.15) is 4.39 Å². The molecule has 0 aliphatic heterocycles. The molecule has 1 radical (unpaired) electrons. The SMILES string of the molecule is CC[Si](C)(CC)CCCCCCCC[Si](Oc1c(F)c(F)c(F)c2c(F)[c]c(F)c(F)c12)(C(C)C)C1CCCCC1. The Hall–Kier alpha value is -1.49.